The quantitative estimate of drug-likeness (QED) is 0.896. The first-order chi connectivity index (χ1) is 8.69. The third-order valence-corrected chi connectivity index (χ3v) is 2.59. The van der Waals surface area contributed by atoms with Crippen LogP contribution in [-0.4, -0.2) is 11.1 Å². The van der Waals surface area contributed by atoms with E-state index in [1.165, 1.54) is 0 Å². The van der Waals surface area contributed by atoms with Gasteiger partial charge in [-0.15, -0.1) is 0 Å². The summed E-state index contributed by atoms with van der Waals surface area (Å²) in [6, 6.07) is 10.1. The molecule has 2 N–H and O–H groups in total. The summed E-state index contributed by atoms with van der Waals surface area (Å²) in [4.78, 5) is 4.19. The Bertz CT molecular complexity index is 506. The average Bonchev–Trinajstić information content (AvgIpc) is 2.39. The van der Waals surface area contributed by atoms with E-state index in [9.17, 15) is 0 Å². The molecule has 1 aromatic heterocycles. The van der Waals surface area contributed by atoms with Crippen molar-refractivity contribution in [3.05, 3.63) is 48.3 Å². The lowest BCUT2D eigenvalue weighted by Gasteiger charge is -2.10. The molecule has 0 aliphatic heterocycles. The topological polar surface area (TPSA) is 48.1 Å². The van der Waals surface area contributed by atoms with Crippen molar-refractivity contribution < 1.29 is 4.74 Å². The monoisotopic (exact) mass is 242 g/mol. The lowest BCUT2D eigenvalue weighted by Crippen LogP contribution is -2.05. The summed E-state index contributed by atoms with van der Waals surface area (Å²) in [6.45, 7) is 4.54. The van der Waals surface area contributed by atoms with Crippen LogP contribution in [0.25, 0.3) is 11.1 Å². The molecule has 3 heteroatoms. The number of rotatable bonds is 4. The summed E-state index contributed by atoms with van der Waals surface area (Å²) in [6.07, 6.45) is 3.83. The Kier molecular flexibility index (Phi) is 3.95. The predicted octanol–water partition coefficient (Wildman–Crippen LogP) is 2.99. The molecule has 0 fully saturated rings. The van der Waals surface area contributed by atoms with E-state index in [1.54, 1.807) is 6.20 Å². The van der Waals surface area contributed by atoms with Gasteiger partial charge in [0.2, 0.25) is 0 Å². The van der Waals surface area contributed by atoms with Crippen LogP contribution in [0.3, 0.4) is 0 Å². The van der Waals surface area contributed by atoms with Crippen molar-refractivity contribution in [2.45, 2.75) is 26.5 Å². The van der Waals surface area contributed by atoms with Gasteiger partial charge in [0.25, 0.3) is 0 Å². The molecule has 0 saturated heterocycles. The summed E-state index contributed by atoms with van der Waals surface area (Å²) in [5, 5.41) is 0. The molecule has 3 nitrogen and oxygen atoms in total. The summed E-state index contributed by atoms with van der Waals surface area (Å²) in [5.74, 6) is 0.886. The van der Waals surface area contributed by atoms with Crippen LogP contribution in [0.5, 0.6) is 5.75 Å². The second-order valence-electron chi connectivity index (χ2n) is 4.48. The van der Waals surface area contributed by atoms with E-state index in [4.69, 9.17) is 10.5 Å². The number of pyridine rings is 1. The van der Waals surface area contributed by atoms with Crippen LogP contribution in [-0.2, 0) is 6.54 Å². The maximum Gasteiger partial charge on any atom is 0.119 e. The van der Waals surface area contributed by atoms with E-state index in [-0.39, 0.29) is 6.10 Å². The highest BCUT2D eigenvalue weighted by Gasteiger charge is 2.01. The third-order valence-electron chi connectivity index (χ3n) is 2.59. The van der Waals surface area contributed by atoms with Crippen molar-refractivity contribution in [2.24, 2.45) is 5.73 Å². The SMILES string of the molecule is CC(C)Oc1ccc(-c2cncc(CN)c2)cc1. The van der Waals surface area contributed by atoms with Crippen molar-refractivity contribution in [3.63, 3.8) is 0 Å². The minimum absolute atomic E-state index is 0.193. The van der Waals surface area contributed by atoms with Gasteiger partial charge in [-0.2, -0.15) is 0 Å². The molecule has 1 heterocycles. The number of aromatic nitrogens is 1. The van der Waals surface area contributed by atoms with Crippen LogP contribution in [0.2, 0.25) is 0 Å². The van der Waals surface area contributed by atoms with Gasteiger partial charge < -0.3 is 10.5 Å². The molecule has 2 aromatic rings. The minimum atomic E-state index is 0.193. The molecule has 2 rings (SSSR count). The van der Waals surface area contributed by atoms with Crippen molar-refractivity contribution >= 4 is 0 Å². The van der Waals surface area contributed by atoms with E-state index in [0.29, 0.717) is 6.54 Å². The smallest absolute Gasteiger partial charge is 0.119 e. The van der Waals surface area contributed by atoms with Crippen LogP contribution in [0.15, 0.2) is 42.7 Å². The number of ether oxygens (including phenoxy) is 1. The number of benzene rings is 1. The zero-order valence-electron chi connectivity index (χ0n) is 10.8. The Morgan fingerprint density at radius 2 is 1.83 bits per heavy atom. The number of nitrogens with zero attached hydrogens (tertiary/aromatic N) is 1. The van der Waals surface area contributed by atoms with Crippen molar-refractivity contribution in [1.82, 2.24) is 4.98 Å². The molecule has 0 amide bonds. The molecule has 1 aromatic carbocycles. The first-order valence-corrected chi connectivity index (χ1v) is 6.10. The molecular weight excluding hydrogens is 224 g/mol. The fourth-order valence-electron chi connectivity index (χ4n) is 1.76. The molecule has 0 aliphatic carbocycles. The summed E-state index contributed by atoms with van der Waals surface area (Å²) in [5.41, 5.74) is 8.85. The van der Waals surface area contributed by atoms with Crippen LogP contribution < -0.4 is 10.5 Å². The van der Waals surface area contributed by atoms with E-state index >= 15 is 0 Å². The van der Waals surface area contributed by atoms with Crippen molar-refractivity contribution in [1.29, 1.82) is 0 Å². The van der Waals surface area contributed by atoms with Gasteiger partial charge in [-0.25, -0.2) is 0 Å². The van der Waals surface area contributed by atoms with Gasteiger partial charge in [0.15, 0.2) is 0 Å². The lowest BCUT2D eigenvalue weighted by molar-refractivity contribution is 0.242. The Labute approximate surface area is 108 Å². The van der Waals surface area contributed by atoms with Gasteiger partial charge in [0.1, 0.15) is 5.75 Å². The van der Waals surface area contributed by atoms with Gasteiger partial charge in [-0.05, 0) is 43.2 Å². The van der Waals surface area contributed by atoms with Gasteiger partial charge >= 0.3 is 0 Å². The van der Waals surface area contributed by atoms with Crippen LogP contribution in [0.4, 0.5) is 0 Å². The van der Waals surface area contributed by atoms with Gasteiger partial charge in [-0.1, -0.05) is 12.1 Å². The molecule has 94 valence electrons. The van der Waals surface area contributed by atoms with E-state index < -0.39 is 0 Å². The molecule has 0 atom stereocenters. The van der Waals surface area contributed by atoms with Crippen LogP contribution >= 0.6 is 0 Å². The molecule has 18 heavy (non-hydrogen) atoms. The second kappa shape index (κ2) is 5.65. The third kappa shape index (κ3) is 3.08. The highest BCUT2D eigenvalue weighted by Crippen LogP contribution is 2.22. The maximum absolute atomic E-state index is 5.62. The average molecular weight is 242 g/mol. The molecule has 0 unspecified atom stereocenters. The summed E-state index contributed by atoms with van der Waals surface area (Å²) in [7, 11) is 0. The van der Waals surface area contributed by atoms with Crippen LogP contribution in [0.1, 0.15) is 19.4 Å². The van der Waals surface area contributed by atoms with Crippen LogP contribution in [0, 0.1) is 0 Å². The summed E-state index contributed by atoms with van der Waals surface area (Å²) < 4.78 is 5.61. The van der Waals surface area contributed by atoms with Gasteiger partial charge in [0, 0.05) is 24.5 Å². The lowest BCUT2D eigenvalue weighted by atomic mass is 10.1. The molecule has 0 saturated carbocycles. The maximum atomic E-state index is 5.62. The minimum Gasteiger partial charge on any atom is -0.491 e. The fraction of sp³-hybridized carbons (Fsp3) is 0.267. The highest BCUT2D eigenvalue weighted by atomic mass is 16.5. The van der Waals surface area contributed by atoms with E-state index in [0.717, 1.165) is 22.4 Å². The van der Waals surface area contributed by atoms with Gasteiger partial charge in [0.05, 0.1) is 6.10 Å². The zero-order valence-corrected chi connectivity index (χ0v) is 10.8. The van der Waals surface area contributed by atoms with E-state index in [1.807, 2.05) is 44.3 Å². The normalized spacial score (nSPS) is 10.7. The first-order valence-electron chi connectivity index (χ1n) is 6.10. The molecule has 0 bridgehead atoms. The molecule has 0 spiro atoms. The summed E-state index contributed by atoms with van der Waals surface area (Å²) >= 11 is 0. The highest BCUT2D eigenvalue weighted by molar-refractivity contribution is 5.63. The first kappa shape index (κ1) is 12.6. The Balaban J connectivity index is 2.22. The molecule has 0 radical (unpaired) electrons. The Morgan fingerprint density at radius 1 is 1.11 bits per heavy atom. The molecule has 0 aliphatic rings. The second-order valence-corrected chi connectivity index (χ2v) is 4.48. The predicted molar refractivity (Wildman–Crippen MR) is 73.3 cm³/mol. The number of hydrogen-bond donors (Lipinski definition) is 1. The standard InChI is InChI=1S/C15H18N2O/c1-11(2)18-15-5-3-13(4-6-15)14-7-12(8-16)9-17-10-14/h3-7,9-11H,8,16H2,1-2H3. The Hall–Kier alpha value is -1.87. The van der Waals surface area contributed by atoms with Crippen molar-refractivity contribution in [2.75, 3.05) is 0 Å². The zero-order chi connectivity index (χ0) is 13.0. The van der Waals surface area contributed by atoms with E-state index in [2.05, 4.69) is 11.1 Å². The Morgan fingerprint density at radius 3 is 2.44 bits per heavy atom. The molecular formula is C15H18N2O. The van der Waals surface area contributed by atoms with Gasteiger partial charge in [-0.3, -0.25) is 4.98 Å². The fourth-order valence-corrected chi connectivity index (χ4v) is 1.76. The number of nitrogens with two attached hydrogens (primary N) is 1. The van der Waals surface area contributed by atoms with Crippen molar-refractivity contribution in [3.8, 4) is 16.9 Å². The number of hydrogen-bond acceptors (Lipinski definition) is 3. The largest absolute Gasteiger partial charge is 0.491 e.